The molecule has 5 aromatic carbocycles. The van der Waals surface area contributed by atoms with Crippen LogP contribution in [0, 0.1) is 0 Å². The average Bonchev–Trinajstić information content (AvgIpc) is 2.57. The van der Waals surface area contributed by atoms with E-state index in [4.69, 9.17) is 28.8 Å². The number of carbonyl (C=O) groups is 5. The number of methoxy groups -OCH3 is 3. The van der Waals surface area contributed by atoms with Crippen LogP contribution in [0.5, 0.6) is 0 Å². The molecule has 0 spiro atoms. The number of carboxylic acid groups (broad SMARTS) is 2. The minimum atomic E-state index is -1.14. The molecule has 0 amide bonds. The van der Waals surface area contributed by atoms with Gasteiger partial charge in [0, 0.05) is 0 Å². The quantitative estimate of drug-likeness (QED) is 0.0248. The van der Waals surface area contributed by atoms with E-state index in [0.29, 0.717) is 60.9 Å². The minimum absolute atomic E-state index is 0. The van der Waals surface area contributed by atoms with Crippen molar-refractivity contribution < 1.29 is 129 Å². The molecule has 0 radical (unpaired) electrons. The predicted octanol–water partition coefficient (Wildman–Crippen LogP) is 16.3. The van der Waals surface area contributed by atoms with Crippen molar-refractivity contribution in [2.75, 3.05) is 54.4 Å². The summed E-state index contributed by atoms with van der Waals surface area (Å²) in [6.07, 6.45) is 8.44. The maximum Gasteiger partial charge on any atom is 1.00 e. The van der Waals surface area contributed by atoms with Crippen LogP contribution in [0.25, 0.3) is 0 Å². The standard InChI is InChI=1S/C15H22O4.C15H22O3.C14H20O3.2C13H18O3.10CH4.K/c1-5-15(2,3)19-10-13(16)11-6-8-12(9-7-11)14(17)18-4;1-5-15(2,3)18-11-10-12-6-8-13(9-7-12)14(16)17-4;1-4-11(2)17-10-9-12-5-7-13(8-6-12)14(15)16-3;2*1-3-10(2)16-9-8-11-4-6-12(7-5-11)13(14)15;;;;;;;;;;;/h6-9,13,16H,5,10H2,1-4H3;6-9H,5,10-11H2,1-4H3;5-8,11H,4,9-10H2,1-3H3;2*4-7,10H,3,8-9H2,1-2H3,(H,14,15);10*1H4;/q;;;;;;;;;;;;;;;+1/p-1. The number of hydrogen-bond acceptors (Lipinski definition) is 15. The SMILES string of the molecule is C.C.C.C.C.C.C.C.C.C.CCC(C)(C)OCC(O)c1ccc(C(=O)OC)cc1.CCC(C)(C)OCCc1ccc(C(=O)OC)cc1.CCC(C)OCCc1ccc(C(=O)O)cc1.CCC(C)OCCc1ccc(C(=O)OC)cc1.CCC(C)OCCc1ccc(C(=O)[O-])cc1.[K+]. The Morgan fingerprint density at radius 1 is 0.402 bits per heavy atom. The van der Waals surface area contributed by atoms with Gasteiger partial charge in [-0.3, -0.25) is 0 Å². The average molecular weight is 1400 g/mol. The first-order chi connectivity index (χ1) is 40.8. The van der Waals surface area contributed by atoms with Crippen molar-refractivity contribution in [1.29, 1.82) is 0 Å². The van der Waals surface area contributed by atoms with Gasteiger partial charge in [-0.1, -0.05) is 182 Å². The molecule has 0 aliphatic heterocycles. The predicted molar refractivity (Wildman–Crippen MR) is 402 cm³/mol. The smallest absolute Gasteiger partial charge is 0.545 e. The summed E-state index contributed by atoms with van der Waals surface area (Å²) in [5.74, 6) is -3.01. The molecule has 556 valence electrons. The summed E-state index contributed by atoms with van der Waals surface area (Å²) in [6.45, 7) is 27.7. The van der Waals surface area contributed by atoms with E-state index < -0.39 is 18.0 Å². The molecule has 97 heavy (non-hydrogen) atoms. The maximum absolute atomic E-state index is 11.3. The summed E-state index contributed by atoms with van der Waals surface area (Å²) in [5.41, 5.74) is 7.09. The molecular formula is C80H139KO16. The molecule has 0 bridgehead atoms. The van der Waals surface area contributed by atoms with Crippen molar-refractivity contribution in [2.24, 2.45) is 0 Å². The van der Waals surface area contributed by atoms with Crippen LogP contribution in [0.2, 0.25) is 0 Å². The van der Waals surface area contributed by atoms with E-state index in [0.717, 1.165) is 80.0 Å². The number of aliphatic hydroxyl groups is 1. The fourth-order valence-corrected chi connectivity index (χ4v) is 6.97. The van der Waals surface area contributed by atoms with E-state index in [1.165, 1.54) is 26.9 Å². The van der Waals surface area contributed by atoms with E-state index >= 15 is 0 Å². The number of ether oxygens (including phenoxy) is 8. The zero-order valence-electron chi connectivity index (χ0n) is 54.9. The van der Waals surface area contributed by atoms with Crippen LogP contribution < -0.4 is 56.5 Å². The Labute approximate surface area is 635 Å². The summed E-state index contributed by atoms with van der Waals surface area (Å²) in [4.78, 5) is 54.9. The molecule has 0 aliphatic carbocycles. The van der Waals surface area contributed by atoms with E-state index in [2.05, 4.69) is 62.7 Å². The Morgan fingerprint density at radius 2 is 0.649 bits per heavy atom. The zero-order valence-corrected chi connectivity index (χ0v) is 58.0. The zero-order chi connectivity index (χ0) is 64.7. The summed E-state index contributed by atoms with van der Waals surface area (Å²) in [5, 5.41) is 29.3. The Kier molecular flexibility index (Phi) is 78.3. The van der Waals surface area contributed by atoms with Crippen molar-refractivity contribution in [3.63, 3.8) is 0 Å². The van der Waals surface area contributed by atoms with Crippen LogP contribution in [0.4, 0.5) is 0 Å². The van der Waals surface area contributed by atoms with Gasteiger partial charge in [0.05, 0.1) is 112 Å². The minimum Gasteiger partial charge on any atom is -0.545 e. The number of aromatic carboxylic acids is 2. The van der Waals surface area contributed by atoms with Crippen molar-refractivity contribution >= 4 is 29.8 Å². The van der Waals surface area contributed by atoms with Crippen LogP contribution in [0.3, 0.4) is 0 Å². The number of aliphatic hydroxyl groups excluding tert-OH is 1. The molecular weight excluding hydrogens is 1260 g/mol. The molecule has 16 nitrogen and oxygen atoms in total. The van der Waals surface area contributed by atoms with E-state index in [9.17, 15) is 34.2 Å². The number of rotatable bonds is 30. The van der Waals surface area contributed by atoms with Crippen LogP contribution in [-0.2, 0) is 63.6 Å². The number of carboxylic acids is 2. The van der Waals surface area contributed by atoms with Gasteiger partial charge in [-0.25, -0.2) is 19.2 Å². The van der Waals surface area contributed by atoms with Gasteiger partial charge >= 0.3 is 75.3 Å². The molecule has 5 rings (SSSR count). The summed E-state index contributed by atoms with van der Waals surface area (Å²) in [7, 11) is 4.11. The molecule has 0 aliphatic rings. The first kappa shape index (κ1) is 116. The molecule has 17 heteroatoms. The first-order valence-corrected chi connectivity index (χ1v) is 29.8. The third-order valence-corrected chi connectivity index (χ3v) is 14.2. The van der Waals surface area contributed by atoms with Gasteiger partial charge in [0.15, 0.2) is 0 Å². The molecule has 0 aromatic heterocycles. The second kappa shape index (κ2) is 65.5. The second-order valence-corrected chi connectivity index (χ2v) is 21.6. The van der Waals surface area contributed by atoms with Crippen molar-refractivity contribution in [1.82, 2.24) is 0 Å². The Bertz CT molecular complexity index is 2590. The Balaban J connectivity index is -0.000000103. The largest absolute Gasteiger partial charge is 1.00 e. The van der Waals surface area contributed by atoms with E-state index in [1.54, 1.807) is 84.9 Å². The van der Waals surface area contributed by atoms with Gasteiger partial charge in [-0.05, 0) is 188 Å². The fourth-order valence-electron chi connectivity index (χ4n) is 6.97. The number of carbonyl (C=O) groups excluding carboxylic acids is 4. The molecule has 5 aromatic rings. The van der Waals surface area contributed by atoms with Crippen molar-refractivity contribution in [3.8, 4) is 0 Å². The van der Waals surface area contributed by atoms with Crippen LogP contribution in [0.1, 0.15) is 275 Å². The second-order valence-electron chi connectivity index (χ2n) is 21.6. The third kappa shape index (κ3) is 51.6. The number of hydrogen-bond donors (Lipinski definition) is 2. The monoisotopic (exact) mass is 1390 g/mol. The van der Waals surface area contributed by atoms with E-state index in [1.807, 2.05) is 71.0 Å². The molecule has 4 atom stereocenters. The molecule has 4 unspecified atom stereocenters. The maximum atomic E-state index is 11.3. The van der Waals surface area contributed by atoms with Crippen LogP contribution in [-0.4, -0.2) is 124 Å². The van der Waals surface area contributed by atoms with Gasteiger partial charge in [0.2, 0.25) is 0 Å². The number of esters is 3. The van der Waals surface area contributed by atoms with Gasteiger partial charge in [-0.15, -0.1) is 0 Å². The number of benzene rings is 5. The molecule has 0 saturated heterocycles. The van der Waals surface area contributed by atoms with Crippen molar-refractivity contribution in [2.45, 2.75) is 251 Å². The summed E-state index contributed by atoms with van der Waals surface area (Å²) < 4.78 is 42.1. The first-order valence-electron chi connectivity index (χ1n) is 29.8. The molecule has 0 heterocycles. The molecule has 0 saturated carbocycles. The summed E-state index contributed by atoms with van der Waals surface area (Å²) >= 11 is 0. The van der Waals surface area contributed by atoms with Gasteiger partial charge < -0.3 is 58.0 Å². The molecule has 0 fully saturated rings. The van der Waals surface area contributed by atoms with Crippen molar-refractivity contribution in [3.05, 3.63) is 177 Å². The third-order valence-electron chi connectivity index (χ3n) is 14.2. The van der Waals surface area contributed by atoms with Crippen LogP contribution in [0.15, 0.2) is 121 Å². The van der Waals surface area contributed by atoms with Gasteiger partial charge in [0.25, 0.3) is 0 Å². The van der Waals surface area contributed by atoms with Gasteiger partial charge in [0.1, 0.15) is 6.10 Å². The topological polar surface area (TPSA) is 223 Å². The van der Waals surface area contributed by atoms with Gasteiger partial charge in [-0.2, -0.15) is 0 Å². The Morgan fingerprint density at radius 3 is 0.897 bits per heavy atom. The summed E-state index contributed by atoms with van der Waals surface area (Å²) in [6, 6.07) is 35.2. The van der Waals surface area contributed by atoms with E-state index in [-0.39, 0.29) is 173 Å². The normalized spacial score (nSPS) is 10.9. The molecule has 2 N–H and O–H groups in total. The Hall–Kier alpha value is -5.15. The van der Waals surface area contributed by atoms with Crippen LogP contribution >= 0.6 is 0 Å². The fraction of sp³-hybridized carbons (Fsp3) is 0.562.